The SMILES string of the molecule is C[C@H]1COCC[C@H]1n1ncc(C#N)c1N. The quantitative estimate of drug-likeness (QED) is 0.741. The van der Waals surface area contributed by atoms with E-state index in [0.717, 1.165) is 19.6 Å². The van der Waals surface area contributed by atoms with Crippen molar-refractivity contribution in [3.8, 4) is 6.07 Å². The van der Waals surface area contributed by atoms with Gasteiger partial charge in [-0.1, -0.05) is 6.92 Å². The van der Waals surface area contributed by atoms with Crippen molar-refractivity contribution in [2.24, 2.45) is 5.92 Å². The predicted molar refractivity (Wildman–Crippen MR) is 55.0 cm³/mol. The van der Waals surface area contributed by atoms with E-state index in [-0.39, 0.29) is 6.04 Å². The largest absolute Gasteiger partial charge is 0.383 e. The minimum absolute atomic E-state index is 0.251. The van der Waals surface area contributed by atoms with Crippen LogP contribution in [0.5, 0.6) is 0 Å². The molecule has 0 bridgehead atoms. The van der Waals surface area contributed by atoms with Crippen LogP contribution in [0.25, 0.3) is 0 Å². The Hall–Kier alpha value is -1.54. The predicted octanol–water partition coefficient (Wildman–Crippen LogP) is 0.934. The molecule has 15 heavy (non-hydrogen) atoms. The standard InChI is InChI=1S/C10H14N4O/c1-7-6-15-3-2-9(7)14-10(12)8(4-11)5-13-14/h5,7,9H,2-3,6,12H2,1H3/t7-,9+/m0/s1. The van der Waals surface area contributed by atoms with E-state index in [1.165, 1.54) is 6.20 Å². The van der Waals surface area contributed by atoms with Crippen LogP contribution in [0.15, 0.2) is 6.20 Å². The van der Waals surface area contributed by atoms with Crippen molar-refractivity contribution in [2.45, 2.75) is 19.4 Å². The highest BCUT2D eigenvalue weighted by Crippen LogP contribution is 2.28. The number of nitrogens with zero attached hydrogens (tertiary/aromatic N) is 3. The van der Waals surface area contributed by atoms with E-state index in [1.807, 2.05) is 6.07 Å². The zero-order valence-corrected chi connectivity index (χ0v) is 8.68. The van der Waals surface area contributed by atoms with E-state index < -0.39 is 0 Å². The van der Waals surface area contributed by atoms with Gasteiger partial charge in [-0.15, -0.1) is 0 Å². The molecule has 1 saturated heterocycles. The molecular weight excluding hydrogens is 192 g/mol. The minimum atomic E-state index is 0.251. The highest BCUT2D eigenvalue weighted by Gasteiger charge is 2.26. The molecule has 1 aromatic heterocycles. The van der Waals surface area contributed by atoms with E-state index in [0.29, 0.717) is 17.3 Å². The fourth-order valence-corrected chi connectivity index (χ4v) is 1.95. The molecule has 0 aromatic carbocycles. The third kappa shape index (κ3) is 1.68. The van der Waals surface area contributed by atoms with Gasteiger partial charge < -0.3 is 10.5 Å². The van der Waals surface area contributed by atoms with Crippen molar-refractivity contribution in [2.75, 3.05) is 18.9 Å². The van der Waals surface area contributed by atoms with Crippen LogP contribution in [0.2, 0.25) is 0 Å². The Labute approximate surface area is 88.4 Å². The topological polar surface area (TPSA) is 76.9 Å². The summed E-state index contributed by atoms with van der Waals surface area (Å²) < 4.78 is 7.12. The summed E-state index contributed by atoms with van der Waals surface area (Å²) in [7, 11) is 0. The van der Waals surface area contributed by atoms with Gasteiger partial charge in [-0.2, -0.15) is 10.4 Å². The van der Waals surface area contributed by atoms with Gasteiger partial charge in [-0.05, 0) is 6.42 Å². The van der Waals surface area contributed by atoms with E-state index in [1.54, 1.807) is 4.68 Å². The maximum absolute atomic E-state index is 8.79. The molecule has 2 N–H and O–H groups in total. The third-order valence-corrected chi connectivity index (χ3v) is 2.86. The number of hydrogen-bond acceptors (Lipinski definition) is 4. The van der Waals surface area contributed by atoms with Gasteiger partial charge in [0, 0.05) is 12.5 Å². The van der Waals surface area contributed by atoms with Crippen LogP contribution in [0.1, 0.15) is 24.9 Å². The van der Waals surface area contributed by atoms with Crippen molar-refractivity contribution >= 4 is 5.82 Å². The average Bonchev–Trinajstić information content (AvgIpc) is 2.60. The Balaban J connectivity index is 2.28. The maximum Gasteiger partial charge on any atom is 0.140 e. The number of hydrogen-bond donors (Lipinski definition) is 1. The van der Waals surface area contributed by atoms with E-state index in [2.05, 4.69) is 12.0 Å². The van der Waals surface area contributed by atoms with Gasteiger partial charge >= 0.3 is 0 Å². The van der Waals surface area contributed by atoms with Crippen LogP contribution in [0, 0.1) is 17.2 Å². The Morgan fingerprint density at radius 1 is 1.73 bits per heavy atom. The summed E-state index contributed by atoms with van der Waals surface area (Å²) in [5, 5.41) is 13.0. The molecule has 0 saturated carbocycles. The molecule has 2 atom stereocenters. The Kier molecular flexibility index (Phi) is 2.60. The second-order valence-corrected chi connectivity index (χ2v) is 3.91. The van der Waals surface area contributed by atoms with E-state index >= 15 is 0 Å². The maximum atomic E-state index is 8.79. The molecule has 0 amide bonds. The first kappa shape index (κ1) is 9.99. The molecule has 80 valence electrons. The fourth-order valence-electron chi connectivity index (χ4n) is 1.95. The molecular formula is C10H14N4O. The first-order valence-corrected chi connectivity index (χ1v) is 5.05. The molecule has 5 nitrogen and oxygen atoms in total. The van der Waals surface area contributed by atoms with Gasteiger partial charge in [-0.3, -0.25) is 0 Å². The van der Waals surface area contributed by atoms with Gasteiger partial charge in [0.25, 0.3) is 0 Å². The second kappa shape index (κ2) is 3.91. The minimum Gasteiger partial charge on any atom is -0.383 e. The number of nitrogens with two attached hydrogens (primary N) is 1. The van der Waals surface area contributed by atoms with Gasteiger partial charge in [0.15, 0.2) is 0 Å². The lowest BCUT2D eigenvalue weighted by molar-refractivity contribution is 0.0257. The summed E-state index contributed by atoms with van der Waals surface area (Å²) in [4.78, 5) is 0. The molecule has 0 radical (unpaired) electrons. The van der Waals surface area contributed by atoms with Crippen molar-refractivity contribution in [3.63, 3.8) is 0 Å². The van der Waals surface area contributed by atoms with Crippen molar-refractivity contribution < 1.29 is 4.74 Å². The second-order valence-electron chi connectivity index (χ2n) is 3.91. The summed E-state index contributed by atoms with van der Waals surface area (Å²) in [5.41, 5.74) is 6.30. The van der Waals surface area contributed by atoms with Crippen molar-refractivity contribution in [1.82, 2.24) is 9.78 Å². The van der Waals surface area contributed by atoms with Crippen LogP contribution in [0.4, 0.5) is 5.82 Å². The summed E-state index contributed by atoms with van der Waals surface area (Å²) in [6, 6.07) is 2.28. The molecule has 1 aromatic rings. The summed E-state index contributed by atoms with van der Waals surface area (Å²) in [6.07, 6.45) is 2.43. The van der Waals surface area contributed by atoms with Crippen LogP contribution in [0.3, 0.4) is 0 Å². The smallest absolute Gasteiger partial charge is 0.140 e. The Bertz CT molecular complexity index is 393. The lowest BCUT2D eigenvalue weighted by Gasteiger charge is -2.29. The molecule has 1 aliphatic heterocycles. The van der Waals surface area contributed by atoms with Crippen LogP contribution < -0.4 is 5.73 Å². The molecule has 2 rings (SSSR count). The van der Waals surface area contributed by atoms with Gasteiger partial charge in [0.05, 0.1) is 18.8 Å². The highest BCUT2D eigenvalue weighted by atomic mass is 16.5. The molecule has 0 spiro atoms. The van der Waals surface area contributed by atoms with Crippen molar-refractivity contribution in [1.29, 1.82) is 5.26 Å². The molecule has 2 heterocycles. The van der Waals surface area contributed by atoms with Gasteiger partial charge in [-0.25, -0.2) is 4.68 Å². The molecule has 1 aliphatic rings. The first-order chi connectivity index (χ1) is 7.24. The van der Waals surface area contributed by atoms with Gasteiger partial charge in [0.1, 0.15) is 17.5 Å². The fraction of sp³-hybridized carbons (Fsp3) is 0.600. The number of nitriles is 1. The van der Waals surface area contributed by atoms with Crippen LogP contribution >= 0.6 is 0 Å². The molecule has 0 unspecified atom stereocenters. The lowest BCUT2D eigenvalue weighted by Crippen LogP contribution is -2.29. The molecule has 1 fully saturated rings. The number of ether oxygens (including phenoxy) is 1. The first-order valence-electron chi connectivity index (χ1n) is 5.05. The summed E-state index contributed by atoms with van der Waals surface area (Å²) >= 11 is 0. The normalized spacial score (nSPS) is 26.1. The molecule has 0 aliphatic carbocycles. The number of nitrogen functional groups attached to an aromatic ring is 1. The zero-order valence-electron chi connectivity index (χ0n) is 8.68. The Morgan fingerprint density at radius 2 is 2.53 bits per heavy atom. The monoisotopic (exact) mass is 206 g/mol. The summed E-state index contributed by atoms with van der Waals surface area (Å²) in [5.74, 6) is 0.851. The highest BCUT2D eigenvalue weighted by molar-refractivity contribution is 5.47. The van der Waals surface area contributed by atoms with Crippen molar-refractivity contribution in [3.05, 3.63) is 11.8 Å². The van der Waals surface area contributed by atoms with E-state index in [4.69, 9.17) is 15.7 Å². The van der Waals surface area contributed by atoms with Gasteiger partial charge in [0.2, 0.25) is 0 Å². The van der Waals surface area contributed by atoms with Crippen LogP contribution in [-0.2, 0) is 4.74 Å². The summed E-state index contributed by atoms with van der Waals surface area (Å²) in [6.45, 7) is 3.57. The van der Waals surface area contributed by atoms with Crippen LogP contribution in [-0.4, -0.2) is 23.0 Å². The number of anilines is 1. The third-order valence-electron chi connectivity index (χ3n) is 2.86. The average molecular weight is 206 g/mol. The zero-order chi connectivity index (χ0) is 10.8. The number of rotatable bonds is 1. The van der Waals surface area contributed by atoms with E-state index in [9.17, 15) is 0 Å². The molecule has 5 heteroatoms. The Morgan fingerprint density at radius 3 is 3.13 bits per heavy atom. The number of aromatic nitrogens is 2. The lowest BCUT2D eigenvalue weighted by atomic mass is 9.98.